The average Bonchev–Trinajstić information content (AvgIpc) is 2.48. The van der Waals surface area contributed by atoms with Crippen LogP contribution in [-0.4, -0.2) is 42.5 Å². The summed E-state index contributed by atoms with van der Waals surface area (Å²) in [6.07, 6.45) is 0.902. The SMILES string of the molecule is CCN(CC(=O)NC(C)(C)C)C(=O)CCc1ccc(OC)c(Cl)c1. The van der Waals surface area contributed by atoms with Crippen molar-refractivity contribution in [3.05, 3.63) is 28.8 Å². The molecule has 1 N–H and O–H groups in total. The molecule has 0 saturated carbocycles. The highest BCUT2D eigenvalue weighted by atomic mass is 35.5. The predicted molar refractivity (Wildman–Crippen MR) is 96.5 cm³/mol. The van der Waals surface area contributed by atoms with Gasteiger partial charge in [0.05, 0.1) is 18.7 Å². The van der Waals surface area contributed by atoms with Crippen LogP contribution in [0.25, 0.3) is 0 Å². The van der Waals surface area contributed by atoms with Crippen molar-refractivity contribution in [2.75, 3.05) is 20.2 Å². The quantitative estimate of drug-likeness (QED) is 0.818. The fraction of sp³-hybridized carbons (Fsp3) is 0.556. The molecule has 0 aliphatic rings. The normalized spacial score (nSPS) is 11.1. The monoisotopic (exact) mass is 354 g/mol. The molecule has 0 aliphatic carbocycles. The Hall–Kier alpha value is -1.75. The van der Waals surface area contributed by atoms with E-state index in [-0.39, 0.29) is 23.9 Å². The lowest BCUT2D eigenvalue weighted by molar-refractivity contribution is -0.136. The Balaban J connectivity index is 2.58. The molecule has 5 nitrogen and oxygen atoms in total. The maximum atomic E-state index is 12.3. The summed E-state index contributed by atoms with van der Waals surface area (Å²) in [5, 5.41) is 3.40. The van der Waals surface area contributed by atoms with Crippen LogP contribution in [0.3, 0.4) is 0 Å². The van der Waals surface area contributed by atoms with Crippen molar-refractivity contribution in [3.63, 3.8) is 0 Å². The third-order valence-corrected chi connectivity index (χ3v) is 3.72. The Morgan fingerprint density at radius 3 is 2.46 bits per heavy atom. The average molecular weight is 355 g/mol. The van der Waals surface area contributed by atoms with E-state index in [0.29, 0.717) is 30.2 Å². The third-order valence-electron chi connectivity index (χ3n) is 3.43. The minimum atomic E-state index is -0.306. The van der Waals surface area contributed by atoms with E-state index in [9.17, 15) is 9.59 Å². The Morgan fingerprint density at radius 2 is 1.96 bits per heavy atom. The molecule has 0 aliphatic heterocycles. The molecule has 2 amide bonds. The number of aryl methyl sites for hydroxylation is 1. The van der Waals surface area contributed by atoms with Gasteiger partial charge in [-0.1, -0.05) is 17.7 Å². The fourth-order valence-electron chi connectivity index (χ4n) is 2.28. The van der Waals surface area contributed by atoms with E-state index >= 15 is 0 Å². The van der Waals surface area contributed by atoms with Crippen molar-refractivity contribution < 1.29 is 14.3 Å². The van der Waals surface area contributed by atoms with Crippen LogP contribution in [0.4, 0.5) is 0 Å². The molecule has 134 valence electrons. The highest BCUT2D eigenvalue weighted by Gasteiger charge is 2.19. The van der Waals surface area contributed by atoms with E-state index < -0.39 is 0 Å². The fourth-order valence-corrected chi connectivity index (χ4v) is 2.56. The lowest BCUT2D eigenvalue weighted by Crippen LogP contribution is -2.47. The van der Waals surface area contributed by atoms with Crippen molar-refractivity contribution in [3.8, 4) is 5.75 Å². The number of nitrogens with one attached hydrogen (secondary N) is 1. The minimum absolute atomic E-state index is 0.0477. The van der Waals surface area contributed by atoms with Gasteiger partial charge in [0, 0.05) is 18.5 Å². The summed E-state index contributed by atoms with van der Waals surface area (Å²) in [5.74, 6) is 0.416. The number of carbonyl (C=O) groups excluding carboxylic acids is 2. The first-order valence-corrected chi connectivity index (χ1v) is 8.45. The Kier molecular flexibility index (Phi) is 7.55. The van der Waals surface area contributed by atoms with Gasteiger partial charge < -0.3 is 15.0 Å². The van der Waals surface area contributed by atoms with Gasteiger partial charge in [0.2, 0.25) is 11.8 Å². The zero-order chi connectivity index (χ0) is 18.3. The van der Waals surface area contributed by atoms with Crippen LogP contribution in [0.2, 0.25) is 5.02 Å². The Morgan fingerprint density at radius 1 is 1.29 bits per heavy atom. The summed E-state index contributed by atoms with van der Waals surface area (Å²) >= 11 is 6.09. The number of ether oxygens (including phenoxy) is 1. The smallest absolute Gasteiger partial charge is 0.240 e. The van der Waals surface area contributed by atoms with Gasteiger partial charge in [0.25, 0.3) is 0 Å². The number of carbonyl (C=O) groups is 2. The number of benzene rings is 1. The highest BCUT2D eigenvalue weighted by Crippen LogP contribution is 2.25. The molecule has 0 heterocycles. The number of hydrogen-bond acceptors (Lipinski definition) is 3. The van der Waals surface area contributed by atoms with E-state index in [2.05, 4.69) is 5.32 Å². The van der Waals surface area contributed by atoms with Crippen molar-refractivity contribution >= 4 is 23.4 Å². The van der Waals surface area contributed by atoms with Crippen molar-refractivity contribution in [1.82, 2.24) is 10.2 Å². The molecule has 24 heavy (non-hydrogen) atoms. The number of hydrogen-bond donors (Lipinski definition) is 1. The molecular weight excluding hydrogens is 328 g/mol. The van der Waals surface area contributed by atoms with Gasteiger partial charge in [-0.3, -0.25) is 9.59 Å². The van der Waals surface area contributed by atoms with Gasteiger partial charge in [-0.05, 0) is 51.8 Å². The lowest BCUT2D eigenvalue weighted by atomic mass is 10.1. The first kappa shape index (κ1) is 20.3. The summed E-state index contributed by atoms with van der Waals surface area (Å²) < 4.78 is 5.11. The first-order valence-electron chi connectivity index (χ1n) is 8.07. The van der Waals surface area contributed by atoms with Crippen LogP contribution in [0.5, 0.6) is 5.75 Å². The molecule has 6 heteroatoms. The molecule has 1 aromatic carbocycles. The number of rotatable bonds is 7. The van der Waals surface area contributed by atoms with E-state index in [1.165, 1.54) is 0 Å². The van der Waals surface area contributed by atoms with E-state index in [1.807, 2.05) is 33.8 Å². The maximum Gasteiger partial charge on any atom is 0.240 e. The van der Waals surface area contributed by atoms with Crippen LogP contribution in [0.1, 0.15) is 39.7 Å². The second-order valence-corrected chi connectivity index (χ2v) is 7.08. The second kappa shape index (κ2) is 8.92. The Bertz CT molecular complexity index is 582. The molecular formula is C18H27ClN2O3. The number of methoxy groups -OCH3 is 1. The first-order chi connectivity index (χ1) is 11.2. The standard InChI is InChI=1S/C18H27ClN2O3/c1-6-21(12-16(22)20-18(2,3)4)17(23)10-8-13-7-9-15(24-5)14(19)11-13/h7,9,11H,6,8,10,12H2,1-5H3,(H,20,22). The van der Waals surface area contributed by atoms with Gasteiger partial charge in [0.1, 0.15) is 5.75 Å². The zero-order valence-corrected chi connectivity index (χ0v) is 15.9. The van der Waals surface area contributed by atoms with Crippen molar-refractivity contribution in [1.29, 1.82) is 0 Å². The second-order valence-electron chi connectivity index (χ2n) is 6.67. The van der Waals surface area contributed by atoms with Crippen molar-refractivity contribution in [2.24, 2.45) is 0 Å². The summed E-state index contributed by atoms with van der Waals surface area (Å²) in [5.41, 5.74) is 0.656. The van der Waals surface area contributed by atoms with Gasteiger partial charge in [0.15, 0.2) is 0 Å². The Labute approximate surface area is 149 Å². The van der Waals surface area contributed by atoms with Crippen LogP contribution < -0.4 is 10.1 Å². The van der Waals surface area contributed by atoms with Crippen LogP contribution in [0.15, 0.2) is 18.2 Å². The molecule has 1 aromatic rings. The summed E-state index contributed by atoms with van der Waals surface area (Å²) in [6.45, 7) is 8.19. The molecule has 0 spiro atoms. The van der Waals surface area contributed by atoms with Gasteiger partial charge in [-0.2, -0.15) is 0 Å². The van der Waals surface area contributed by atoms with Gasteiger partial charge in [-0.15, -0.1) is 0 Å². The highest BCUT2D eigenvalue weighted by molar-refractivity contribution is 6.32. The number of nitrogens with zero attached hydrogens (tertiary/aromatic N) is 1. The summed E-state index contributed by atoms with van der Waals surface area (Å²) in [6, 6.07) is 5.48. The summed E-state index contributed by atoms with van der Waals surface area (Å²) in [7, 11) is 1.56. The van der Waals surface area contributed by atoms with E-state index in [1.54, 1.807) is 24.1 Å². The maximum absolute atomic E-state index is 12.3. The topological polar surface area (TPSA) is 58.6 Å². The van der Waals surface area contributed by atoms with Gasteiger partial charge >= 0.3 is 0 Å². The molecule has 1 rings (SSSR count). The van der Waals surface area contributed by atoms with Crippen LogP contribution in [0, 0.1) is 0 Å². The van der Waals surface area contributed by atoms with E-state index in [0.717, 1.165) is 5.56 Å². The number of halogens is 1. The number of amides is 2. The molecule has 0 aromatic heterocycles. The van der Waals surface area contributed by atoms with Crippen molar-refractivity contribution in [2.45, 2.75) is 46.1 Å². The zero-order valence-electron chi connectivity index (χ0n) is 15.1. The molecule has 0 atom stereocenters. The molecule has 0 unspecified atom stereocenters. The largest absolute Gasteiger partial charge is 0.495 e. The molecule has 0 radical (unpaired) electrons. The number of likely N-dealkylation sites (N-methyl/N-ethyl adjacent to an activating group) is 1. The summed E-state index contributed by atoms with van der Waals surface area (Å²) in [4.78, 5) is 25.9. The van der Waals surface area contributed by atoms with Gasteiger partial charge in [-0.25, -0.2) is 0 Å². The minimum Gasteiger partial charge on any atom is -0.495 e. The third kappa shape index (κ3) is 6.79. The molecule has 0 saturated heterocycles. The molecule has 0 fully saturated rings. The van der Waals surface area contributed by atoms with Crippen LogP contribution >= 0.6 is 11.6 Å². The predicted octanol–water partition coefficient (Wildman–Crippen LogP) is 3.04. The molecule has 0 bridgehead atoms. The van der Waals surface area contributed by atoms with E-state index in [4.69, 9.17) is 16.3 Å². The van der Waals surface area contributed by atoms with Crippen LogP contribution in [-0.2, 0) is 16.0 Å². The lowest BCUT2D eigenvalue weighted by Gasteiger charge is -2.25.